The molecule has 13 heteroatoms. The van der Waals surface area contributed by atoms with Crippen molar-refractivity contribution >= 4 is 10.9 Å². The molecular formula is C57H70N4O9. The van der Waals surface area contributed by atoms with Crippen LogP contribution in [0.3, 0.4) is 0 Å². The van der Waals surface area contributed by atoms with Gasteiger partial charge in [0.2, 0.25) is 0 Å². The Morgan fingerprint density at radius 3 is 2.54 bits per heavy atom. The van der Waals surface area contributed by atoms with Crippen molar-refractivity contribution in [2.45, 2.75) is 145 Å². The van der Waals surface area contributed by atoms with Crippen LogP contribution in [0.1, 0.15) is 118 Å². The van der Waals surface area contributed by atoms with Gasteiger partial charge in [0.25, 0.3) is 0 Å². The third-order valence-corrected chi connectivity index (χ3v) is 15.3. The van der Waals surface area contributed by atoms with Gasteiger partial charge in [0.05, 0.1) is 25.5 Å². The summed E-state index contributed by atoms with van der Waals surface area (Å²) in [5.41, 5.74) is 6.72. The molecule has 3 aliphatic heterocycles. The molecule has 10 rings (SSSR count). The molecule has 0 unspecified atom stereocenters. The third-order valence-electron chi connectivity index (χ3n) is 15.3. The van der Waals surface area contributed by atoms with Gasteiger partial charge in [-0.3, -0.25) is 10.6 Å². The van der Waals surface area contributed by atoms with Crippen LogP contribution in [0.5, 0.6) is 28.7 Å². The molecule has 0 amide bonds. The van der Waals surface area contributed by atoms with Crippen LogP contribution in [0, 0.1) is 17.8 Å². The maximum absolute atomic E-state index is 11.4. The predicted octanol–water partition coefficient (Wildman–Crippen LogP) is 7.58. The van der Waals surface area contributed by atoms with Crippen molar-refractivity contribution < 1.29 is 44.5 Å². The van der Waals surface area contributed by atoms with Gasteiger partial charge in [-0.2, -0.15) is 0 Å². The van der Waals surface area contributed by atoms with Crippen LogP contribution in [0.4, 0.5) is 0 Å². The van der Waals surface area contributed by atoms with Crippen molar-refractivity contribution in [2.24, 2.45) is 5.92 Å². The number of aromatic hydroxyl groups is 2. The van der Waals surface area contributed by atoms with E-state index in [1.165, 1.54) is 12.0 Å². The maximum atomic E-state index is 11.4. The second-order valence-electron chi connectivity index (χ2n) is 21.2. The molecule has 1 saturated carbocycles. The van der Waals surface area contributed by atoms with Gasteiger partial charge < -0.3 is 54.8 Å². The summed E-state index contributed by atoms with van der Waals surface area (Å²) in [5.74, 6) is 8.99. The van der Waals surface area contributed by atoms with Crippen LogP contribution in [0.2, 0.25) is 0 Å². The maximum Gasteiger partial charge on any atom is 0.161 e. The number of benzene rings is 4. The molecule has 70 heavy (non-hydrogen) atoms. The van der Waals surface area contributed by atoms with Crippen molar-refractivity contribution in [2.75, 3.05) is 33.2 Å². The number of aromatic nitrogens is 1. The van der Waals surface area contributed by atoms with E-state index in [2.05, 4.69) is 70.9 Å². The van der Waals surface area contributed by atoms with Gasteiger partial charge >= 0.3 is 0 Å². The highest BCUT2D eigenvalue weighted by Crippen LogP contribution is 2.58. The molecule has 372 valence electrons. The van der Waals surface area contributed by atoms with Crippen molar-refractivity contribution in [3.8, 4) is 51.7 Å². The molecule has 0 spiro atoms. The molecule has 4 heterocycles. The van der Waals surface area contributed by atoms with Crippen molar-refractivity contribution in [3.05, 3.63) is 100 Å². The molecule has 5 aliphatic rings. The summed E-state index contributed by atoms with van der Waals surface area (Å²) in [7, 11) is 0. The number of hydrogen-bond acceptors (Lipinski definition) is 12. The summed E-state index contributed by atoms with van der Waals surface area (Å²) in [5, 5.41) is 67.0. The number of phenols is 2. The first kappa shape index (κ1) is 48.3. The largest absolute Gasteiger partial charge is 0.508 e. The first-order valence-electron chi connectivity index (χ1n) is 25.6. The molecule has 9 N–H and O–H groups in total. The standard InChI is InChI=1S/C57H70N4O9/c1-34(2)27-56(3,66)31-58-32-60-51-11-7-10-41(29-62)68-50-25-37(13-19-49(50)65)55-57(51,67-33-61-39-8-5-4-6-9-39)28-47-46-24-38(23-35-12-18-48-36(22-35)20-21-59-48)45-26-40(64)14-16-43(45)52(46)54-44(53(47)70-55)17-15-42(30-63)69-54/h12-14,16,18-22,25-26,34,38-39,41-42,51,55,58-66H,4-6,8-10,15,17,23-24,27-33H2,1-3H3/t38-,41-,42-,51+,55+,56+,57-/m0/s1. The van der Waals surface area contributed by atoms with Gasteiger partial charge in [-0.1, -0.05) is 63.1 Å². The topological polar surface area (TPSA) is 190 Å². The van der Waals surface area contributed by atoms with Crippen LogP contribution in [-0.4, -0.2) is 99.2 Å². The van der Waals surface area contributed by atoms with Crippen molar-refractivity contribution in [1.29, 1.82) is 0 Å². The number of aliphatic hydroxyl groups is 3. The summed E-state index contributed by atoms with van der Waals surface area (Å²) in [4.78, 5) is 3.32. The zero-order chi connectivity index (χ0) is 48.6. The first-order valence-corrected chi connectivity index (χ1v) is 25.6. The summed E-state index contributed by atoms with van der Waals surface area (Å²) < 4.78 is 28.3. The molecule has 0 radical (unpaired) electrons. The SMILES string of the molecule is CC(C)C[C@@](C)(O)CNCN[C@@H]1C#CC[C@@H](CO)Oc2cc(ccc2O)[C@H]2Oc3c(c4c(c5c3CC[C@@H](CO)O5)-c3ccc(O)cc3[C@@H](Cc3ccc5[nH]ccc5c3)C4)C[C@@]21OCNC1CCCCC1. The number of fused-ring (bicyclic) bond motifs is 13. The summed E-state index contributed by atoms with van der Waals surface area (Å²) in [6, 6.07) is 19.2. The van der Waals surface area contributed by atoms with E-state index in [0.29, 0.717) is 68.3 Å². The van der Waals surface area contributed by atoms with Crippen LogP contribution in [0.25, 0.3) is 22.0 Å². The van der Waals surface area contributed by atoms with Gasteiger partial charge in [-0.05, 0) is 139 Å². The van der Waals surface area contributed by atoms with Gasteiger partial charge in [0.15, 0.2) is 17.6 Å². The highest BCUT2D eigenvalue weighted by atomic mass is 16.6. The number of ether oxygens (including phenoxy) is 4. The lowest BCUT2D eigenvalue weighted by Gasteiger charge is -2.50. The smallest absolute Gasteiger partial charge is 0.161 e. The average Bonchev–Trinajstić information content (AvgIpc) is 3.82. The molecule has 1 aromatic heterocycles. The van der Waals surface area contributed by atoms with Crippen LogP contribution >= 0.6 is 0 Å². The Labute approximate surface area is 411 Å². The molecule has 5 aromatic rings. The summed E-state index contributed by atoms with van der Waals surface area (Å²) in [6.07, 6.45) is 9.34. The van der Waals surface area contributed by atoms with E-state index in [-0.39, 0.29) is 56.2 Å². The number of H-pyrrole nitrogens is 1. The normalized spacial score (nSPS) is 24.8. The van der Waals surface area contributed by atoms with E-state index >= 15 is 0 Å². The quantitative estimate of drug-likeness (QED) is 0.0285. The fraction of sp³-hybridized carbons (Fsp3) is 0.509. The lowest BCUT2D eigenvalue weighted by molar-refractivity contribution is -0.144. The molecule has 2 aliphatic carbocycles. The molecule has 2 bridgehead atoms. The van der Waals surface area contributed by atoms with E-state index in [1.54, 1.807) is 18.2 Å². The number of aliphatic hydroxyl groups excluding tert-OH is 2. The lowest BCUT2D eigenvalue weighted by atomic mass is 9.69. The molecule has 1 fully saturated rings. The third kappa shape index (κ3) is 9.85. The number of rotatable bonds is 15. The van der Waals surface area contributed by atoms with Crippen LogP contribution in [0.15, 0.2) is 66.9 Å². The Hall–Kier alpha value is -5.30. The van der Waals surface area contributed by atoms with Gasteiger partial charge in [-0.15, -0.1) is 0 Å². The highest BCUT2D eigenvalue weighted by Gasteiger charge is 2.55. The molecule has 7 atom stereocenters. The highest BCUT2D eigenvalue weighted by molar-refractivity contribution is 5.85. The van der Waals surface area contributed by atoms with Gasteiger partial charge in [0.1, 0.15) is 41.1 Å². The Balaban J connectivity index is 1.16. The second-order valence-corrected chi connectivity index (χ2v) is 21.2. The minimum atomic E-state index is -1.23. The zero-order valence-electron chi connectivity index (χ0n) is 40.8. The molecule has 0 saturated heterocycles. The summed E-state index contributed by atoms with van der Waals surface area (Å²) in [6.45, 7) is 6.48. The van der Waals surface area contributed by atoms with Crippen LogP contribution < -0.4 is 30.2 Å². The molecule has 4 aromatic carbocycles. The summed E-state index contributed by atoms with van der Waals surface area (Å²) >= 11 is 0. The number of nitrogens with one attached hydrogen (secondary N) is 4. The van der Waals surface area contributed by atoms with Gasteiger partial charge in [0, 0.05) is 60.5 Å². The molecular weight excluding hydrogens is 885 g/mol. The van der Waals surface area contributed by atoms with Crippen molar-refractivity contribution in [1.82, 2.24) is 20.9 Å². The fourth-order valence-electron chi connectivity index (χ4n) is 12.1. The van der Waals surface area contributed by atoms with Gasteiger partial charge in [-0.25, -0.2) is 0 Å². The fourth-order valence-corrected chi connectivity index (χ4v) is 12.1. The van der Waals surface area contributed by atoms with E-state index in [4.69, 9.17) is 18.9 Å². The Bertz CT molecular complexity index is 2740. The van der Waals surface area contributed by atoms with Crippen LogP contribution in [-0.2, 0) is 30.4 Å². The van der Waals surface area contributed by atoms with Crippen molar-refractivity contribution in [3.63, 3.8) is 0 Å². The predicted molar refractivity (Wildman–Crippen MR) is 269 cm³/mol. The number of phenolic OH excluding ortho intramolecular Hbond substituents is 2. The van der Waals surface area contributed by atoms with E-state index in [9.17, 15) is 25.5 Å². The monoisotopic (exact) mass is 955 g/mol. The first-order chi connectivity index (χ1) is 33.9. The zero-order valence-corrected chi connectivity index (χ0v) is 40.8. The number of aromatic amines is 1. The Morgan fingerprint density at radius 1 is 0.886 bits per heavy atom. The minimum absolute atomic E-state index is 0.0377. The second kappa shape index (κ2) is 20.4. The van der Waals surface area contributed by atoms with E-state index in [1.807, 2.05) is 31.3 Å². The molecule has 13 nitrogen and oxygen atoms in total. The Morgan fingerprint density at radius 2 is 1.73 bits per heavy atom. The number of hydrogen-bond donors (Lipinski definition) is 9. The van der Waals surface area contributed by atoms with E-state index < -0.39 is 35.6 Å². The minimum Gasteiger partial charge on any atom is -0.508 e. The Kier molecular flexibility index (Phi) is 14.1. The lowest BCUT2D eigenvalue weighted by Crippen LogP contribution is -2.62. The average molecular weight is 955 g/mol. The van der Waals surface area contributed by atoms with E-state index in [0.717, 1.165) is 75.7 Å².